The molecule has 0 saturated heterocycles. The highest BCUT2D eigenvalue weighted by atomic mass is 35.6. The Kier molecular flexibility index (Phi) is 6.25. The Morgan fingerprint density at radius 3 is 0.815 bits per heavy atom. The molecule has 0 aromatic carbocycles. The van der Waals surface area contributed by atoms with E-state index in [9.17, 15) is 74.6 Å². The molecule has 0 unspecified atom stereocenters. The quantitative estimate of drug-likeness (QED) is 0.244. The van der Waals surface area contributed by atoms with Gasteiger partial charge < -0.3 is 0 Å². The van der Waals surface area contributed by atoms with Crippen LogP contribution in [0, 0.1) is 0 Å². The van der Waals surface area contributed by atoms with E-state index in [4.69, 9.17) is 0 Å². The summed E-state index contributed by atoms with van der Waals surface area (Å²) in [6.07, 6.45) is -7.75. The molecule has 19 heteroatoms. The fourth-order valence-electron chi connectivity index (χ4n) is 1.22. The van der Waals surface area contributed by atoms with E-state index in [1.54, 1.807) is 0 Å². The third kappa shape index (κ3) is 3.23. The van der Waals surface area contributed by atoms with Crippen LogP contribution in [0.2, 0.25) is 0 Å². The van der Waals surface area contributed by atoms with E-state index >= 15 is 0 Å². The van der Waals surface area contributed by atoms with Crippen LogP contribution in [0.5, 0.6) is 0 Å². The largest absolute Gasteiger partial charge is 0.460 e. The van der Waals surface area contributed by atoms with Gasteiger partial charge in [0.05, 0.1) is 0 Å². The lowest BCUT2D eigenvalue weighted by atomic mass is 9.91. The van der Waals surface area contributed by atoms with Crippen LogP contribution in [0.3, 0.4) is 0 Å². The topological polar surface area (TPSA) is 0 Å². The van der Waals surface area contributed by atoms with Crippen LogP contribution in [0.4, 0.5) is 74.6 Å². The number of alkyl halides is 17. The zero-order valence-electron chi connectivity index (χ0n) is 11.3. The van der Waals surface area contributed by atoms with Crippen molar-refractivity contribution in [3.63, 3.8) is 0 Å². The summed E-state index contributed by atoms with van der Waals surface area (Å²) in [4.78, 5) is 0. The molecule has 0 rings (SSSR count). The number of halogens is 18. The Balaban J connectivity index is 6.65. The van der Waals surface area contributed by atoms with Gasteiger partial charge in [0.2, 0.25) is 0 Å². The van der Waals surface area contributed by atoms with Crippen molar-refractivity contribution >= 4 is 19.9 Å². The fraction of sp³-hybridized carbons (Fsp3) is 1.00. The molecule has 0 nitrogen and oxygen atoms in total. The Bertz CT molecular complexity index is 548. The average molecular weight is 483 g/mol. The first kappa shape index (κ1) is 26.3. The number of hydrogen-bond acceptors (Lipinski definition) is 0. The molecular weight excluding hydrogens is 483 g/mol. The van der Waals surface area contributed by atoms with Crippen LogP contribution < -0.4 is 0 Å². The predicted octanol–water partition coefficient (Wildman–Crippen LogP) is 5.81. The third-order valence-corrected chi connectivity index (χ3v) is 4.10. The molecule has 0 aliphatic carbocycles. The van der Waals surface area contributed by atoms with Crippen molar-refractivity contribution in [2.45, 2.75) is 47.3 Å². The van der Waals surface area contributed by atoms with Crippen LogP contribution in [-0.4, -0.2) is 56.1 Å². The first-order valence-electron chi connectivity index (χ1n) is 5.40. The van der Waals surface area contributed by atoms with Crippen molar-refractivity contribution in [2.24, 2.45) is 0 Å². The second-order valence-corrected chi connectivity index (χ2v) is 6.00. The zero-order valence-corrected chi connectivity index (χ0v) is 13.1. The first-order chi connectivity index (χ1) is 11.3. The summed E-state index contributed by atoms with van der Waals surface area (Å²) in [6, 6.07) is 0. The van der Waals surface area contributed by atoms with E-state index in [1.165, 1.54) is 0 Å². The normalized spacial score (nSPS) is 16.7. The van der Waals surface area contributed by atoms with Crippen LogP contribution in [0.1, 0.15) is 0 Å². The van der Waals surface area contributed by atoms with Gasteiger partial charge in [-0.05, 0) is 0 Å². The molecule has 0 N–H and O–H groups in total. The Hall–Kier alpha value is -0.683. The highest BCUT2D eigenvalue weighted by Crippen LogP contribution is 2.63. The lowest BCUT2D eigenvalue weighted by molar-refractivity contribution is -0.458. The molecular formula is C8ClF17Si. The minimum Gasteiger partial charge on any atom is -0.204 e. The van der Waals surface area contributed by atoms with Crippen molar-refractivity contribution in [2.75, 3.05) is 0 Å². The molecule has 0 spiro atoms. The summed E-state index contributed by atoms with van der Waals surface area (Å²) in [6.45, 7) is 0. The molecule has 2 radical (unpaired) electrons. The summed E-state index contributed by atoms with van der Waals surface area (Å²) in [5.41, 5.74) is -6.47. The summed E-state index contributed by atoms with van der Waals surface area (Å²) < 4.78 is 215. The molecule has 0 amide bonds. The van der Waals surface area contributed by atoms with E-state index in [1.807, 2.05) is 0 Å². The van der Waals surface area contributed by atoms with Crippen LogP contribution in [0.25, 0.3) is 0 Å². The van der Waals surface area contributed by atoms with E-state index in [2.05, 4.69) is 11.1 Å². The first-order valence-corrected chi connectivity index (χ1v) is 7.41. The molecule has 0 aliphatic rings. The summed E-state index contributed by atoms with van der Waals surface area (Å²) >= 11 is 4.09. The second-order valence-electron chi connectivity index (χ2n) is 4.61. The van der Waals surface area contributed by atoms with Gasteiger partial charge in [-0.1, -0.05) is 0 Å². The molecule has 0 bridgehead atoms. The number of rotatable bonds is 7. The molecule has 162 valence electrons. The van der Waals surface area contributed by atoms with E-state index in [0.29, 0.717) is 0 Å². The van der Waals surface area contributed by atoms with Crippen molar-refractivity contribution in [3.8, 4) is 0 Å². The average Bonchev–Trinajstić information content (AvgIpc) is 2.44. The lowest BCUT2D eigenvalue weighted by Gasteiger charge is -2.42. The smallest absolute Gasteiger partial charge is 0.204 e. The summed E-state index contributed by atoms with van der Waals surface area (Å²) in [7, 11) is -3.25. The highest BCUT2D eigenvalue weighted by Gasteiger charge is 2.95. The standard InChI is InChI=1S/C8ClF17Si/c9-27-8(25,26)6(20,21)4(16,17)2(12,13)1(10,11)3(14,15)5(18,19)7(22,23)24. The summed E-state index contributed by atoms with van der Waals surface area (Å²) in [5, 5.41) is 0. The van der Waals surface area contributed by atoms with E-state index in [0.717, 1.165) is 0 Å². The van der Waals surface area contributed by atoms with Gasteiger partial charge in [0.1, 0.15) is 0 Å². The lowest BCUT2D eigenvalue weighted by Crippen LogP contribution is -2.74. The van der Waals surface area contributed by atoms with Gasteiger partial charge in [-0.15, -0.1) is 0 Å². The predicted molar refractivity (Wildman–Crippen MR) is 52.3 cm³/mol. The van der Waals surface area contributed by atoms with Crippen LogP contribution >= 0.6 is 11.1 Å². The third-order valence-electron chi connectivity index (χ3n) is 2.84. The molecule has 0 aromatic rings. The highest BCUT2D eigenvalue weighted by molar-refractivity contribution is 6.95. The molecule has 0 atom stereocenters. The second kappa shape index (κ2) is 6.41. The molecule has 0 aromatic heterocycles. The molecule has 27 heavy (non-hydrogen) atoms. The molecule has 0 saturated carbocycles. The van der Waals surface area contributed by atoms with Crippen LogP contribution in [-0.2, 0) is 0 Å². The van der Waals surface area contributed by atoms with Gasteiger partial charge in [0.15, 0.2) is 0 Å². The van der Waals surface area contributed by atoms with Gasteiger partial charge in [0.25, 0.3) is 8.83 Å². The Morgan fingerprint density at radius 2 is 0.593 bits per heavy atom. The van der Waals surface area contributed by atoms with E-state index < -0.39 is 56.1 Å². The van der Waals surface area contributed by atoms with E-state index in [-0.39, 0.29) is 0 Å². The Labute approximate surface area is 143 Å². The molecule has 0 aliphatic heterocycles. The van der Waals surface area contributed by atoms with Crippen molar-refractivity contribution in [3.05, 3.63) is 0 Å². The fourth-order valence-corrected chi connectivity index (χ4v) is 1.85. The SMILES string of the molecule is FC(F)(F)C(F)(F)C(F)(F)C(F)(F)C(F)(F)C(F)(F)C(F)(F)C(F)(F)[Si]Cl. The zero-order chi connectivity index (χ0) is 22.7. The maximum absolute atomic E-state index is 13.0. The Morgan fingerprint density at radius 1 is 0.370 bits per heavy atom. The monoisotopic (exact) mass is 482 g/mol. The minimum atomic E-state index is -8.60. The van der Waals surface area contributed by atoms with Gasteiger partial charge in [-0.2, -0.15) is 76.9 Å². The molecule has 0 fully saturated rings. The maximum Gasteiger partial charge on any atom is 0.460 e. The van der Waals surface area contributed by atoms with Crippen molar-refractivity contribution < 1.29 is 74.6 Å². The van der Waals surface area contributed by atoms with Gasteiger partial charge in [-0.3, -0.25) is 0 Å². The van der Waals surface area contributed by atoms with Crippen molar-refractivity contribution in [1.82, 2.24) is 0 Å². The van der Waals surface area contributed by atoms with Gasteiger partial charge in [0, 0.05) is 0 Å². The molecule has 0 heterocycles. The summed E-state index contributed by atoms with van der Waals surface area (Å²) in [5.74, 6) is -49.7. The van der Waals surface area contributed by atoms with Gasteiger partial charge in [-0.25, -0.2) is 8.78 Å². The van der Waals surface area contributed by atoms with Gasteiger partial charge >= 0.3 is 47.3 Å². The van der Waals surface area contributed by atoms with Crippen LogP contribution in [0.15, 0.2) is 0 Å². The number of hydrogen-bond donors (Lipinski definition) is 0. The van der Waals surface area contributed by atoms with Crippen molar-refractivity contribution in [1.29, 1.82) is 0 Å². The maximum atomic E-state index is 13.0. The minimum absolute atomic E-state index is 3.25.